The summed E-state index contributed by atoms with van der Waals surface area (Å²) >= 11 is 3.29. The Balaban J connectivity index is 1.69. The number of hydrazine groups is 1. The number of amides is 2. The van der Waals surface area contributed by atoms with Crippen LogP contribution in [-0.2, 0) is 4.79 Å². The maximum absolute atomic E-state index is 12.8. The predicted molar refractivity (Wildman–Crippen MR) is 136 cm³/mol. The third-order valence-corrected chi connectivity index (χ3v) is 5.37. The van der Waals surface area contributed by atoms with E-state index in [0.717, 1.165) is 4.47 Å². The molecule has 0 radical (unpaired) electrons. The fourth-order valence-electron chi connectivity index (χ4n) is 3.07. The third-order valence-electron chi connectivity index (χ3n) is 4.84. The second kappa shape index (κ2) is 12.4. The molecule has 0 spiro atoms. The van der Waals surface area contributed by atoms with Crippen molar-refractivity contribution in [3.8, 4) is 23.0 Å². The molecule has 186 valence electrons. The second-order valence-corrected chi connectivity index (χ2v) is 8.04. The number of methoxy groups -OCH3 is 3. The first-order chi connectivity index (χ1) is 17.4. The maximum atomic E-state index is 12.8. The zero-order valence-electron chi connectivity index (χ0n) is 19.7. The second-order valence-electron chi connectivity index (χ2n) is 7.12. The topological polar surface area (TPSA) is 112 Å². The van der Waals surface area contributed by atoms with E-state index in [4.69, 9.17) is 18.9 Å². The highest BCUT2D eigenvalue weighted by Crippen LogP contribution is 2.38. The molecule has 2 N–H and O–H groups in total. The van der Waals surface area contributed by atoms with Crippen molar-refractivity contribution in [1.29, 1.82) is 0 Å². The molecule has 0 aliphatic carbocycles. The summed E-state index contributed by atoms with van der Waals surface area (Å²) in [5, 5.41) is 0. The number of carbonyl (C=O) groups is 3. The van der Waals surface area contributed by atoms with Gasteiger partial charge in [-0.3, -0.25) is 20.4 Å². The summed E-state index contributed by atoms with van der Waals surface area (Å²) in [5.41, 5.74) is 5.66. The van der Waals surface area contributed by atoms with E-state index in [1.807, 2.05) is 0 Å². The molecule has 9 nitrogen and oxygen atoms in total. The SMILES string of the molecule is COc1cc(C(=O)Oc2ccccc2/C=C/C(=O)NNC(=O)c2ccc(Br)cc2)cc(OC)c1OC. The van der Waals surface area contributed by atoms with Gasteiger partial charge in [0, 0.05) is 21.7 Å². The highest BCUT2D eigenvalue weighted by molar-refractivity contribution is 9.10. The van der Waals surface area contributed by atoms with Gasteiger partial charge in [-0.15, -0.1) is 0 Å². The average molecular weight is 555 g/mol. The molecule has 10 heteroatoms. The molecule has 0 fully saturated rings. The van der Waals surface area contributed by atoms with Crippen LogP contribution in [0.15, 0.2) is 71.2 Å². The third kappa shape index (κ3) is 6.63. The van der Waals surface area contributed by atoms with Crippen LogP contribution in [0.5, 0.6) is 23.0 Å². The number of carbonyl (C=O) groups excluding carboxylic acids is 3. The molecule has 0 bridgehead atoms. The predicted octanol–water partition coefficient (Wildman–Crippen LogP) is 4.17. The number of hydrogen-bond acceptors (Lipinski definition) is 7. The van der Waals surface area contributed by atoms with Crippen LogP contribution >= 0.6 is 15.9 Å². The van der Waals surface area contributed by atoms with Gasteiger partial charge in [0.15, 0.2) is 11.5 Å². The van der Waals surface area contributed by atoms with Gasteiger partial charge in [-0.1, -0.05) is 34.1 Å². The first kappa shape index (κ1) is 26.3. The molecule has 0 aliphatic rings. The molecule has 0 unspecified atom stereocenters. The Morgan fingerprint density at radius 2 is 1.42 bits per heavy atom. The first-order valence-corrected chi connectivity index (χ1v) is 11.3. The number of ether oxygens (including phenoxy) is 4. The van der Waals surface area contributed by atoms with Crippen molar-refractivity contribution in [3.63, 3.8) is 0 Å². The van der Waals surface area contributed by atoms with Gasteiger partial charge in [-0.25, -0.2) is 4.79 Å². The Morgan fingerprint density at radius 3 is 2.03 bits per heavy atom. The van der Waals surface area contributed by atoms with E-state index in [1.54, 1.807) is 48.5 Å². The van der Waals surface area contributed by atoms with Crippen molar-refractivity contribution >= 4 is 39.8 Å². The fraction of sp³-hybridized carbons (Fsp3) is 0.115. The molecule has 3 rings (SSSR count). The quantitative estimate of drug-likeness (QED) is 0.186. The van der Waals surface area contributed by atoms with Crippen LogP contribution in [0, 0.1) is 0 Å². The molecule has 0 saturated carbocycles. The summed E-state index contributed by atoms with van der Waals surface area (Å²) in [6.07, 6.45) is 2.66. The number of rotatable bonds is 8. The van der Waals surface area contributed by atoms with E-state index < -0.39 is 17.8 Å². The summed E-state index contributed by atoms with van der Waals surface area (Å²) in [6, 6.07) is 16.3. The van der Waals surface area contributed by atoms with Crippen molar-refractivity contribution in [3.05, 3.63) is 87.9 Å². The fourth-order valence-corrected chi connectivity index (χ4v) is 3.33. The van der Waals surface area contributed by atoms with E-state index in [1.165, 1.54) is 45.6 Å². The molecule has 0 aliphatic heterocycles. The first-order valence-electron chi connectivity index (χ1n) is 10.5. The van der Waals surface area contributed by atoms with E-state index in [-0.39, 0.29) is 11.3 Å². The Hall–Kier alpha value is -4.31. The lowest BCUT2D eigenvalue weighted by molar-refractivity contribution is -0.117. The van der Waals surface area contributed by atoms with E-state index in [9.17, 15) is 14.4 Å². The van der Waals surface area contributed by atoms with Crippen molar-refractivity contribution in [1.82, 2.24) is 10.9 Å². The van der Waals surface area contributed by atoms with E-state index in [0.29, 0.717) is 28.4 Å². The largest absolute Gasteiger partial charge is 0.493 e. The minimum Gasteiger partial charge on any atom is -0.493 e. The molecular weight excluding hydrogens is 532 g/mol. The number of benzene rings is 3. The lowest BCUT2D eigenvalue weighted by Crippen LogP contribution is -2.40. The number of para-hydroxylation sites is 1. The van der Waals surface area contributed by atoms with Gasteiger partial charge in [0.1, 0.15) is 5.75 Å². The summed E-state index contributed by atoms with van der Waals surface area (Å²) in [6.45, 7) is 0. The summed E-state index contributed by atoms with van der Waals surface area (Å²) in [5.74, 6) is -0.536. The summed E-state index contributed by atoms with van der Waals surface area (Å²) in [4.78, 5) is 37.2. The van der Waals surface area contributed by atoms with Gasteiger partial charge in [0.25, 0.3) is 11.8 Å². The summed E-state index contributed by atoms with van der Waals surface area (Å²) < 4.78 is 22.2. The van der Waals surface area contributed by atoms with Gasteiger partial charge >= 0.3 is 5.97 Å². The lowest BCUT2D eigenvalue weighted by atomic mass is 10.1. The molecule has 3 aromatic rings. The van der Waals surface area contributed by atoms with Crippen LogP contribution in [0.25, 0.3) is 6.08 Å². The van der Waals surface area contributed by atoms with Crippen molar-refractivity contribution in [2.75, 3.05) is 21.3 Å². The smallest absolute Gasteiger partial charge is 0.343 e. The van der Waals surface area contributed by atoms with Gasteiger partial charge < -0.3 is 18.9 Å². The monoisotopic (exact) mass is 554 g/mol. The number of nitrogens with one attached hydrogen (secondary N) is 2. The molecule has 36 heavy (non-hydrogen) atoms. The van der Waals surface area contributed by atoms with E-state index in [2.05, 4.69) is 26.8 Å². The number of hydrogen-bond donors (Lipinski definition) is 2. The molecule has 2 amide bonds. The Kier molecular flexibility index (Phi) is 9.07. The maximum Gasteiger partial charge on any atom is 0.343 e. The molecule has 3 aromatic carbocycles. The van der Waals surface area contributed by atoms with E-state index >= 15 is 0 Å². The Morgan fingerprint density at radius 1 is 0.778 bits per heavy atom. The molecular formula is C26H23BrN2O7. The molecule has 0 saturated heterocycles. The van der Waals surface area contributed by atoms with Crippen LogP contribution in [0.3, 0.4) is 0 Å². The van der Waals surface area contributed by atoms with Crippen molar-refractivity contribution < 1.29 is 33.3 Å². The zero-order chi connectivity index (χ0) is 26.1. The van der Waals surface area contributed by atoms with Crippen LogP contribution in [0.2, 0.25) is 0 Å². The van der Waals surface area contributed by atoms with Crippen LogP contribution < -0.4 is 29.8 Å². The van der Waals surface area contributed by atoms with Gasteiger partial charge in [-0.05, 0) is 48.5 Å². The van der Waals surface area contributed by atoms with Gasteiger partial charge in [-0.2, -0.15) is 0 Å². The summed E-state index contributed by atoms with van der Waals surface area (Å²) in [7, 11) is 4.35. The Labute approximate surface area is 216 Å². The van der Waals surface area contributed by atoms with Crippen LogP contribution in [0.1, 0.15) is 26.3 Å². The standard InChI is InChI=1S/C26H23BrN2O7/c1-33-21-14-18(15-22(34-2)24(21)35-3)26(32)36-20-7-5-4-6-16(20)10-13-23(30)28-29-25(31)17-8-11-19(27)12-9-17/h4-15H,1-3H3,(H,28,30)(H,29,31)/b13-10+. The number of esters is 1. The molecule has 0 aromatic heterocycles. The molecule has 0 heterocycles. The normalized spacial score (nSPS) is 10.4. The highest BCUT2D eigenvalue weighted by Gasteiger charge is 2.19. The highest BCUT2D eigenvalue weighted by atomic mass is 79.9. The zero-order valence-corrected chi connectivity index (χ0v) is 21.2. The molecule has 0 atom stereocenters. The lowest BCUT2D eigenvalue weighted by Gasteiger charge is -2.14. The van der Waals surface area contributed by atoms with Crippen molar-refractivity contribution in [2.45, 2.75) is 0 Å². The van der Waals surface area contributed by atoms with Gasteiger partial charge in [0.2, 0.25) is 5.75 Å². The minimum atomic E-state index is -0.665. The average Bonchev–Trinajstić information content (AvgIpc) is 2.90. The van der Waals surface area contributed by atoms with Gasteiger partial charge in [0.05, 0.1) is 26.9 Å². The van der Waals surface area contributed by atoms with Crippen molar-refractivity contribution in [2.24, 2.45) is 0 Å². The Bertz CT molecular complexity index is 1260. The van der Waals surface area contributed by atoms with Crippen LogP contribution in [-0.4, -0.2) is 39.1 Å². The van der Waals surface area contributed by atoms with Crippen LogP contribution in [0.4, 0.5) is 0 Å². The minimum absolute atomic E-state index is 0.177. The number of halogens is 1.